The molecular weight excluding hydrogens is 372 g/mol. The molecule has 1 aliphatic rings. The van der Waals surface area contributed by atoms with E-state index < -0.39 is 0 Å². The molecule has 1 amide bonds. The quantitative estimate of drug-likeness (QED) is 0.734. The second-order valence-electron chi connectivity index (χ2n) is 6.72. The number of ether oxygens (including phenoxy) is 4. The van der Waals surface area contributed by atoms with E-state index in [0.29, 0.717) is 29.4 Å². The first-order valence-electron chi connectivity index (χ1n) is 9.62. The summed E-state index contributed by atoms with van der Waals surface area (Å²) in [5.41, 5.74) is 2.69. The van der Waals surface area contributed by atoms with Crippen molar-refractivity contribution in [1.82, 2.24) is 10.2 Å². The standard InChI is InChI=1S/C22H28N2O5/c1-26-19-9-8-18(20(27-2)21(19)28-3)22(25)23-14-16-6-4-5-7-17(16)15-24-10-12-29-13-11-24/h4-9H,10-15H2,1-3H3,(H,23,25). The van der Waals surface area contributed by atoms with Gasteiger partial charge in [0.25, 0.3) is 5.91 Å². The van der Waals surface area contributed by atoms with E-state index in [1.54, 1.807) is 19.2 Å². The fourth-order valence-corrected chi connectivity index (χ4v) is 3.44. The van der Waals surface area contributed by atoms with Gasteiger partial charge in [0, 0.05) is 26.2 Å². The molecule has 0 unspecified atom stereocenters. The number of methoxy groups -OCH3 is 3. The molecule has 1 heterocycles. The Hall–Kier alpha value is -2.77. The maximum atomic E-state index is 12.9. The summed E-state index contributed by atoms with van der Waals surface area (Å²) in [6, 6.07) is 11.5. The largest absolute Gasteiger partial charge is 0.493 e. The smallest absolute Gasteiger partial charge is 0.255 e. The molecular formula is C22H28N2O5. The van der Waals surface area contributed by atoms with Gasteiger partial charge in [-0.15, -0.1) is 0 Å². The number of carbonyl (C=O) groups is 1. The minimum Gasteiger partial charge on any atom is -0.493 e. The van der Waals surface area contributed by atoms with Gasteiger partial charge in [-0.25, -0.2) is 0 Å². The molecule has 2 aromatic carbocycles. The molecule has 7 heteroatoms. The molecule has 3 rings (SSSR count). The van der Waals surface area contributed by atoms with Crippen LogP contribution in [0.1, 0.15) is 21.5 Å². The van der Waals surface area contributed by atoms with Crippen LogP contribution < -0.4 is 19.5 Å². The van der Waals surface area contributed by atoms with E-state index in [0.717, 1.165) is 38.4 Å². The van der Waals surface area contributed by atoms with Crippen molar-refractivity contribution in [2.75, 3.05) is 47.6 Å². The fourth-order valence-electron chi connectivity index (χ4n) is 3.44. The van der Waals surface area contributed by atoms with E-state index in [-0.39, 0.29) is 5.91 Å². The zero-order valence-corrected chi connectivity index (χ0v) is 17.2. The van der Waals surface area contributed by atoms with Crippen molar-refractivity contribution in [2.24, 2.45) is 0 Å². The fraction of sp³-hybridized carbons (Fsp3) is 0.409. The maximum Gasteiger partial charge on any atom is 0.255 e. The third-order valence-corrected chi connectivity index (χ3v) is 5.00. The van der Waals surface area contributed by atoms with Gasteiger partial charge in [-0.1, -0.05) is 24.3 Å². The molecule has 0 radical (unpaired) electrons. The monoisotopic (exact) mass is 400 g/mol. The molecule has 1 aliphatic heterocycles. The van der Waals surface area contributed by atoms with Gasteiger partial charge in [0.05, 0.1) is 40.1 Å². The molecule has 0 aliphatic carbocycles. The number of nitrogens with one attached hydrogen (secondary N) is 1. The Morgan fingerprint density at radius 1 is 0.966 bits per heavy atom. The first kappa shape index (κ1) is 21.0. The molecule has 1 saturated heterocycles. The molecule has 156 valence electrons. The predicted octanol–water partition coefficient (Wildman–Crippen LogP) is 2.47. The Morgan fingerprint density at radius 2 is 1.66 bits per heavy atom. The highest BCUT2D eigenvalue weighted by Crippen LogP contribution is 2.39. The molecule has 0 atom stereocenters. The van der Waals surface area contributed by atoms with E-state index in [4.69, 9.17) is 18.9 Å². The number of benzene rings is 2. The zero-order valence-electron chi connectivity index (χ0n) is 17.2. The molecule has 7 nitrogen and oxygen atoms in total. The summed E-state index contributed by atoms with van der Waals surface area (Å²) in [4.78, 5) is 15.2. The lowest BCUT2D eigenvalue weighted by Crippen LogP contribution is -2.36. The van der Waals surface area contributed by atoms with Gasteiger partial charge in [-0.2, -0.15) is 0 Å². The summed E-state index contributed by atoms with van der Waals surface area (Å²) in [5.74, 6) is 1.03. The van der Waals surface area contributed by atoms with Crippen LogP contribution in [0.25, 0.3) is 0 Å². The lowest BCUT2D eigenvalue weighted by Gasteiger charge is -2.27. The minimum atomic E-state index is -0.232. The molecule has 0 saturated carbocycles. The van der Waals surface area contributed by atoms with E-state index >= 15 is 0 Å². The van der Waals surface area contributed by atoms with Crippen LogP contribution in [-0.4, -0.2) is 58.4 Å². The van der Waals surface area contributed by atoms with Crippen molar-refractivity contribution in [3.8, 4) is 17.2 Å². The Balaban J connectivity index is 1.73. The summed E-state index contributed by atoms with van der Waals surface area (Å²) < 4.78 is 21.5. The predicted molar refractivity (Wildman–Crippen MR) is 110 cm³/mol. The van der Waals surface area contributed by atoms with Crippen LogP contribution in [0.5, 0.6) is 17.2 Å². The van der Waals surface area contributed by atoms with E-state index in [1.807, 2.05) is 18.2 Å². The van der Waals surface area contributed by atoms with Crippen LogP contribution >= 0.6 is 0 Å². The number of carbonyl (C=O) groups excluding carboxylic acids is 1. The summed E-state index contributed by atoms with van der Waals surface area (Å²) in [6.45, 7) is 4.63. The van der Waals surface area contributed by atoms with Gasteiger partial charge in [-0.3, -0.25) is 9.69 Å². The zero-order chi connectivity index (χ0) is 20.6. The summed E-state index contributed by atoms with van der Waals surface area (Å²) >= 11 is 0. The second-order valence-corrected chi connectivity index (χ2v) is 6.72. The lowest BCUT2D eigenvalue weighted by atomic mass is 10.1. The van der Waals surface area contributed by atoms with E-state index in [9.17, 15) is 4.79 Å². The first-order chi connectivity index (χ1) is 14.2. The van der Waals surface area contributed by atoms with Gasteiger partial charge in [0.2, 0.25) is 5.75 Å². The summed E-state index contributed by atoms with van der Waals surface area (Å²) in [5, 5.41) is 3.00. The van der Waals surface area contributed by atoms with E-state index in [2.05, 4.69) is 16.3 Å². The van der Waals surface area contributed by atoms with Crippen LogP contribution in [-0.2, 0) is 17.8 Å². The number of hydrogen-bond acceptors (Lipinski definition) is 6. The molecule has 1 fully saturated rings. The minimum absolute atomic E-state index is 0.232. The van der Waals surface area contributed by atoms with Crippen LogP contribution in [0.3, 0.4) is 0 Å². The van der Waals surface area contributed by atoms with Gasteiger partial charge in [0.15, 0.2) is 11.5 Å². The molecule has 0 spiro atoms. The van der Waals surface area contributed by atoms with Gasteiger partial charge in [-0.05, 0) is 23.3 Å². The van der Waals surface area contributed by atoms with Gasteiger partial charge >= 0.3 is 0 Å². The average molecular weight is 400 g/mol. The lowest BCUT2D eigenvalue weighted by molar-refractivity contribution is 0.0340. The Morgan fingerprint density at radius 3 is 2.31 bits per heavy atom. The number of rotatable bonds is 8. The molecule has 29 heavy (non-hydrogen) atoms. The van der Waals surface area contributed by atoms with Crippen molar-refractivity contribution >= 4 is 5.91 Å². The van der Waals surface area contributed by atoms with Gasteiger partial charge in [0.1, 0.15) is 0 Å². The van der Waals surface area contributed by atoms with Gasteiger partial charge < -0.3 is 24.3 Å². The van der Waals surface area contributed by atoms with E-state index in [1.165, 1.54) is 19.8 Å². The third kappa shape index (κ3) is 4.99. The highest BCUT2D eigenvalue weighted by molar-refractivity contribution is 5.98. The van der Waals surface area contributed by atoms with Crippen molar-refractivity contribution in [2.45, 2.75) is 13.1 Å². The highest BCUT2D eigenvalue weighted by atomic mass is 16.5. The van der Waals surface area contributed by atoms with Crippen molar-refractivity contribution in [1.29, 1.82) is 0 Å². The van der Waals surface area contributed by atoms with Crippen molar-refractivity contribution < 1.29 is 23.7 Å². The first-order valence-corrected chi connectivity index (χ1v) is 9.62. The summed E-state index contributed by atoms with van der Waals surface area (Å²) in [7, 11) is 4.57. The molecule has 0 aromatic heterocycles. The molecule has 1 N–H and O–H groups in total. The molecule has 0 bridgehead atoms. The third-order valence-electron chi connectivity index (χ3n) is 5.00. The highest BCUT2D eigenvalue weighted by Gasteiger charge is 2.21. The van der Waals surface area contributed by atoms with Crippen molar-refractivity contribution in [3.05, 3.63) is 53.1 Å². The molecule has 2 aromatic rings. The normalized spacial score (nSPS) is 14.3. The van der Waals surface area contributed by atoms with Crippen molar-refractivity contribution in [3.63, 3.8) is 0 Å². The number of hydrogen-bond donors (Lipinski definition) is 1. The maximum absolute atomic E-state index is 12.9. The van der Waals surface area contributed by atoms with Crippen LogP contribution in [0, 0.1) is 0 Å². The summed E-state index contributed by atoms with van der Waals surface area (Å²) in [6.07, 6.45) is 0. The van der Waals surface area contributed by atoms with Crippen LogP contribution in [0.2, 0.25) is 0 Å². The Bertz CT molecular complexity index is 834. The Labute approximate surface area is 171 Å². The SMILES string of the molecule is COc1ccc(C(=O)NCc2ccccc2CN2CCOCC2)c(OC)c1OC. The number of amides is 1. The van der Waals surface area contributed by atoms with Crippen LogP contribution in [0.15, 0.2) is 36.4 Å². The second kappa shape index (κ2) is 10.1. The number of morpholine rings is 1. The Kier molecular flexibility index (Phi) is 7.32. The van der Waals surface area contributed by atoms with Crippen LogP contribution in [0.4, 0.5) is 0 Å². The topological polar surface area (TPSA) is 69.3 Å². The average Bonchev–Trinajstić information content (AvgIpc) is 2.77. The number of nitrogens with zero attached hydrogens (tertiary/aromatic N) is 1.